The third-order valence-corrected chi connectivity index (χ3v) is 4.99. The molecule has 1 aliphatic heterocycles. The molecule has 0 saturated carbocycles. The Hall–Kier alpha value is -1.38. The summed E-state index contributed by atoms with van der Waals surface area (Å²) < 4.78 is 65.3. The number of hydrogen-bond donors (Lipinski definition) is 1. The van der Waals surface area contributed by atoms with Crippen molar-refractivity contribution in [1.82, 2.24) is 0 Å². The quantitative estimate of drug-likeness (QED) is 0.621. The van der Waals surface area contributed by atoms with Gasteiger partial charge < -0.3 is 15.0 Å². The van der Waals surface area contributed by atoms with Gasteiger partial charge in [-0.25, -0.2) is 4.39 Å². The normalized spacial score (nSPS) is 21.5. The van der Waals surface area contributed by atoms with E-state index < -0.39 is 42.7 Å². The van der Waals surface area contributed by atoms with Gasteiger partial charge in [0.25, 0.3) is 0 Å². The second kappa shape index (κ2) is 6.98. The van der Waals surface area contributed by atoms with Crippen LogP contribution < -0.4 is 5.73 Å². The molecule has 8 heteroatoms. The van der Waals surface area contributed by atoms with Gasteiger partial charge in [0.15, 0.2) is 0 Å². The van der Waals surface area contributed by atoms with Crippen LogP contribution in [-0.4, -0.2) is 30.5 Å². The summed E-state index contributed by atoms with van der Waals surface area (Å²) in [5.41, 5.74) is 3.83. The molecular formula is C18H24BF4NO2. The van der Waals surface area contributed by atoms with E-state index in [4.69, 9.17) is 15.0 Å². The fourth-order valence-corrected chi connectivity index (χ4v) is 2.53. The average Bonchev–Trinajstić information content (AvgIpc) is 2.72. The first-order valence-electron chi connectivity index (χ1n) is 8.38. The molecule has 1 unspecified atom stereocenters. The van der Waals surface area contributed by atoms with Gasteiger partial charge in [0.1, 0.15) is 11.8 Å². The zero-order chi connectivity index (χ0) is 19.9. The van der Waals surface area contributed by atoms with Crippen LogP contribution in [-0.2, 0) is 9.31 Å². The maximum absolute atomic E-state index is 15.2. The molecular weight excluding hydrogens is 349 g/mol. The maximum Gasteiger partial charge on any atom is 0.525 e. The number of hydrogen-bond acceptors (Lipinski definition) is 3. The van der Waals surface area contributed by atoms with Gasteiger partial charge in [-0.15, -0.1) is 0 Å². The van der Waals surface area contributed by atoms with Crippen molar-refractivity contribution in [1.29, 1.82) is 0 Å². The van der Waals surface area contributed by atoms with E-state index in [1.54, 1.807) is 52.0 Å². The van der Waals surface area contributed by atoms with Crippen molar-refractivity contribution in [2.75, 3.05) is 0 Å². The van der Waals surface area contributed by atoms with Crippen molar-refractivity contribution in [2.24, 2.45) is 5.73 Å². The summed E-state index contributed by atoms with van der Waals surface area (Å²) in [4.78, 5) is 0. The van der Waals surface area contributed by atoms with Gasteiger partial charge >= 0.3 is 13.3 Å². The van der Waals surface area contributed by atoms with Crippen LogP contribution in [0.3, 0.4) is 0 Å². The Balaban J connectivity index is 2.45. The lowest BCUT2D eigenvalue weighted by Crippen LogP contribution is -2.41. The molecule has 1 aliphatic rings. The Morgan fingerprint density at radius 1 is 1.08 bits per heavy atom. The summed E-state index contributed by atoms with van der Waals surface area (Å²) >= 11 is 0. The van der Waals surface area contributed by atoms with Gasteiger partial charge in [0.05, 0.1) is 11.2 Å². The fraction of sp³-hybridized carbons (Fsp3) is 0.556. The number of benzene rings is 1. The molecule has 0 aromatic heterocycles. The molecule has 2 N–H and O–H groups in total. The van der Waals surface area contributed by atoms with Crippen LogP contribution in [0.5, 0.6) is 0 Å². The second-order valence-electron chi connectivity index (χ2n) is 7.63. The lowest BCUT2D eigenvalue weighted by molar-refractivity contribution is -0.146. The SMILES string of the molecule is Cc1ccc(C(CC(N)C(F)(F)F)=C(F)B2OC(C)(C)C(C)(C)O2)cc1. The molecule has 144 valence electrons. The van der Waals surface area contributed by atoms with E-state index in [9.17, 15) is 13.2 Å². The zero-order valence-electron chi connectivity index (χ0n) is 15.6. The molecule has 26 heavy (non-hydrogen) atoms. The van der Waals surface area contributed by atoms with Crippen LogP contribution in [0.1, 0.15) is 45.2 Å². The topological polar surface area (TPSA) is 44.5 Å². The molecule has 0 amide bonds. The molecule has 0 bridgehead atoms. The van der Waals surface area contributed by atoms with Gasteiger partial charge in [-0.05, 0) is 52.2 Å². The third kappa shape index (κ3) is 4.30. The minimum Gasteiger partial charge on any atom is -0.398 e. The Morgan fingerprint density at radius 3 is 1.96 bits per heavy atom. The first-order valence-corrected chi connectivity index (χ1v) is 8.38. The number of aryl methyl sites for hydroxylation is 1. The number of nitrogens with two attached hydrogens (primary N) is 1. The smallest absolute Gasteiger partial charge is 0.398 e. The van der Waals surface area contributed by atoms with Crippen LogP contribution in [0.4, 0.5) is 17.6 Å². The van der Waals surface area contributed by atoms with E-state index in [0.29, 0.717) is 5.56 Å². The average molecular weight is 373 g/mol. The summed E-state index contributed by atoms with van der Waals surface area (Å²) in [5, 5.41) is 0. The maximum atomic E-state index is 15.2. The zero-order valence-corrected chi connectivity index (χ0v) is 15.6. The highest BCUT2D eigenvalue weighted by molar-refractivity contribution is 6.55. The van der Waals surface area contributed by atoms with Crippen molar-refractivity contribution in [3.8, 4) is 0 Å². The molecule has 0 aliphatic carbocycles. The Labute approximate surface area is 151 Å². The molecule has 1 aromatic carbocycles. The van der Waals surface area contributed by atoms with Crippen LogP contribution in [0, 0.1) is 6.92 Å². The number of halogens is 4. The van der Waals surface area contributed by atoms with Crippen molar-refractivity contribution >= 4 is 12.7 Å². The predicted octanol–water partition coefficient (Wildman–Crippen LogP) is 4.59. The number of rotatable bonds is 4. The first kappa shape index (κ1) is 20.9. The lowest BCUT2D eigenvalue weighted by Gasteiger charge is -2.32. The minimum atomic E-state index is -4.63. The van der Waals surface area contributed by atoms with E-state index in [1.807, 2.05) is 6.92 Å². The second-order valence-corrected chi connectivity index (χ2v) is 7.63. The minimum absolute atomic E-state index is 0.159. The highest BCUT2D eigenvalue weighted by atomic mass is 19.4. The molecule has 1 heterocycles. The van der Waals surface area contributed by atoms with E-state index in [1.165, 1.54) is 0 Å². The Morgan fingerprint density at radius 2 is 1.54 bits per heavy atom. The predicted molar refractivity (Wildman–Crippen MR) is 93.9 cm³/mol. The Bertz CT molecular complexity index is 667. The fourth-order valence-electron chi connectivity index (χ4n) is 2.53. The van der Waals surface area contributed by atoms with Crippen molar-refractivity contribution in [3.05, 3.63) is 41.1 Å². The van der Waals surface area contributed by atoms with E-state index in [-0.39, 0.29) is 5.57 Å². The van der Waals surface area contributed by atoms with E-state index >= 15 is 4.39 Å². The molecule has 0 spiro atoms. The van der Waals surface area contributed by atoms with E-state index in [2.05, 4.69) is 0 Å². The highest BCUT2D eigenvalue weighted by Crippen LogP contribution is 2.41. The van der Waals surface area contributed by atoms with Gasteiger partial charge in [-0.1, -0.05) is 29.8 Å². The van der Waals surface area contributed by atoms with Crippen LogP contribution in [0.25, 0.3) is 5.57 Å². The summed E-state index contributed by atoms with van der Waals surface area (Å²) in [6.45, 7) is 8.81. The third-order valence-electron chi connectivity index (χ3n) is 4.99. The molecule has 2 rings (SSSR count). The monoisotopic (exact) mass is 373 g/mol. The molecule has 3 nitrogen and oxygen atoms in total. The van der Waals surface area contributed by atoms with Crippen LogP contribution in [0.2, 0.25) is 0 Å². The Kier molecular flexibility index (Phi) is 5.62. The summed E-state index contributed by atoms with van der Waals surface area (Å²) in [6, 6.07) is 4.35. The molecule has 1 atom stereocenters. The highest BCUT2D eigenvalue weighted by Gasteiger charge is 2.54. The molecule has 1 saturated heterocycles. The molecule has 1 fully saturated rings. The van der Waals surface area contributed by atoms with Gasteiger partial charge in [-0.3, -0.25) is 0 Å². The van der Waals surface area contributed by atoms with Gasteiger partial charge in [0.2, 0.25) is 0 Å². The largest absolute Gasteiger partial charge is 0.525 e. The first-order chi connectivity index (χ1) is 11.7. The van der Waals surface area contributed by atoms with Crippen LogP contribution >= 0.6 is 0 Å². The molecule has 1 aromatic rings. The summed E-state index contributed by atoms with van der Waals surface area (Å²) in [6.07, 6.45) is -5.34. The number of alkyl halides is 3. The van der Waals surface area contributed by atoms with Gasteiger partial charge in [-0.2, -0.15) is 13.2 Å². The van der Waals surface area contributed by atoms with Gasteiger partial charge in [0, 0.05) is 0 Å². The van der Waals surface area contributed by atoms with Crippen molar-refractivity contribution < 1.29 is 26.9 Å². The molecule has 0 radical (unpaired) electrons. The van der Waals surface area contributed by atoms with Crippen molar-refractivity contribution in [2.45, 2.75) is 64.5 Å². The van der Waals surface area contributed by atoms with Crippen LogP contribution in [0.15, 0.2) is 30.0 Å². The van der Waals surface area contributed by atoms with E-state index in [0.717, 1.165) is 5.56 Å². The summed E-state index contributed by atoms with van der Waals surface area (Å²) in [5.74, 6) is 0. The summed E-state index contributed by atoms with van der Waals surface area (Å²) in [7, 11) is -1.38. The lowest BCUT2D eigenvalue weighted by atomic mass is 9.80. The standard InChI is InChI=1S/C18H24BF4NO2/c1-11-6-8-12(9-7-11)13(10-14(24)18(21,22)23)15(20)19-25-16(2,3)17(4,5)26-19/h6-9,14H,10,24H2,1-5H3. The van der Waals surface area contributed by atoms with Crippen molar-refractivity contribution in [3.63, 3.8) is 0 Å².